The topological polar surface area (TPSA) is 48.9 Å². The normalized spacial score (nSPS) is 21.7. The molecule has 1 unspecified atom stereocenters. The number of para-hydroxylation sites is 1. The van der Waals surface area contributed by atoms with Crippen LogP contribution in [0.25, 0.3) is 0 Å². The summed E-state index contributed by atoms with van der Waals surface area (Å²) < 4.78 is 5.96. The van der Waals surface area contributed by atoms with Gasteiger partial charge in [0.1, 0.15) is 11.9 Å². The Hall–Kier alpha value is -1.75. The molecule has 5 heteroatoms. The molecule has 2 heterocycles. The van der Waals surface area contributed by atoms with Crippen LogP contribution in [-0.4, -0.2) is 56.7 Å². The van der Waals surface area contributed by atoms with Crippen LogP contribution in [0.5, 0.6) is 5.75 Å². The molecule has 2 N–H and O–H groups in total. The molecule has 0 aliphatic carbocycles. The smallest absolute Gasteiger partial charge is 0.191 e. The van der Waals surface area contributed by atoms with E-state index in [0.717, 1.165) is 43.6 Å². The SMILES string of the molecule is CN=C(NCCCN1CCC(C)CC1)NCC1Cc2ccccc2O1. The highest BCUT2D eigenvalue weighted by Crippen LogP contribution is 2.27. The quantitative estimate of drug-likeness (QED) is 0.472. The van der Waals surface area contributed by atoms with Crippen molar-refractivity contribution in [3.05, 3.63) is 29.8 Å². The fraction of sp³-hybridized carbons (Fsp3) is 0.650. The maximum atomic E-state index is 5.96. The summed E-state index contributed by atoms with van der Waals surface area (Å²) in [5.41, 5.74) is 1.30. The van der Waals surface area contributed by atoms with Crippen molar-refractivity contribution in [3.8, 4) is 5.75 Å². The highest BCUT2D eigenvalue weighted by Gasteiger charge is 2.22. The third-order valence-electron chi connectivity index (χ3n) is 5.25. The van der Waals surface area contributed by atoms with Crippen LogP contribution in [0, 0.1) is 5.92 Å². The second-order valence-electron chi connectivity index (χ2n) is 7.31. The van der Waals surface area contributed by atoms with Crippen LogP contribution in [0.2, 0.25) is 0 Å². The monoisotopic (exact) mass is 344 g/mol. The maximum Gasteiger partial charge on any atom is 0.191 e. The fourth-order valence-electron chi connectivity index (χ4n) is 3.59. The van der Waals surface area contributed by atoms with E-state index in [-0.39, 0.29) is 6.10 Å². The Kier molecular flexibility index (Phi) is 6.56. The van der Waals surface area contributed by atoms with Gasteiger partial charge < -0.3 is 20.3 Å². The number of benzene rings is 1. The minimum Gasteiger partial charge on any atom is -0.488 e. The largest absolute Gasteiger partial charge is 0.488 e. The molecule has 0 radical (unpaired) electrons. The fourth-order valence-corrected chi connectivity index (χ4v) is 3.59. The third-order valence-corrected chi connectivity index (χ3v) is 5.25. The molecule has 0 amide bonds. The number of likely N-dealkylation sites (tertiary alicyclic amines) is 1. The molecule has 25 heavy (non-hydrogen) atoms. The first kappa shape index (κ1) is 18.1. The van der Waals surface area contributed by atoms with Crippen molar-refractivity contribution < 1.29 is 4.74 Å². The van der Waals surface area contributed by atoms with E-state index in [9.17, 15) is 0 Å². The van der Waals surface area contributed by atoms with Gasteiger partial charge in [-0.15, -0.1) is 0 Å². The zero-order valence-corrected chi connectivity index (χ0v) is 15.6. The average molecular weight is 345 g/mol. The lowest BCUT2D eigenvalue weighted by Gasteiger charge is -2.30. The van der Waals surface area contributed by atoms with Gasteiger partial charge in [0.25, 0.3) is 0 Å². The van der Waals surface area contributed by atoms with E-state index in [0.29, 0.717) is 0 Å². The predicted octanol–water partition coefficient (Wildman–Crippen LogP) is 2.28. The standard InChI is InChI=1S/C20H32N4O/c1-16-8-12-24(13-9-16)11-5-10-22-20(21-2)23-15-18-14-17-6-3-4-7-19(17)25-18/h3-4,6-7,16,18H,5,8-15H2,1-2H3,(H2,21,22,23). The third kappa shape index (κ3) is 5.36. The number of nitrogens with one attached hydrogen (secondary N) is 2. The number of nitrogens with zero attached hydrogens (tertiary/aromatic N) is 2. The molecule has 0 saturated carbocycles. The van der Waals surface area contributed by atoms with Crippen LogP contribution in [0.3, 0.4) is 0 Å². The second-order valence-corrected chi connectivity index (χ2v) is 7.31. The number of rotatable bonds is 6. The van der Waals surface area contributed by atoms with Gasteiger partial charge in [-0.3, -0.25) is 4.99 Å². The van der Waals surface area contributed by atoms with Gasteiger partial charge in [0, 0.05) is 20.0 Å². The zero-order valence-electron chi connectivity index (χ0n) is 15.6. The van der Waals surface area contributed by atoms with E-state index in [4.69, 9.17) is 4.74 Å². The minimum atomic E-state index is 0.186. The number of fused-ring (bicyclic) bond motifs is 1. The van der Waals surface area contributed by atoms with Crippen LogP contribution in [0.15, 0.2) is 29.3 Å². The lowest BCUT2D eigenvalue weighted by molar-refractivity contribution is 0.191. The summed E-state index contributed by atoms with van der Waals surface area (Å²) in [7, 11) is 1.83. The summed E-state index contributed by atoms with van der Waals surface area (Å²) >= 11 is 0. The molecule has 0 bridgehead atoms. The number of hydrogen-bond donors (Lipinski definition) is 2. The van der Waals surface area contributed by atoms with Gasteiger partial charge in [-0.2, -0.15) is 0 Å². The highest BCUT2D eigenvalue weighted by molar-refractivity contribution is 5.79. The van der Waals surface area contributed by atoms with Crippen molar-refractivity contribution in [2.75, 3.05) is 39.8 Å². The molecule has 1 saturated heterocycles. The van der Waals surface area contributed by atoms with E-state index < -0.39 is 0 Å². The van der Waals surface area contributed by atoms with Gasteiger partial charge in [-0.05, 0) is 56.4 Å². The van der Waals surface area contributed by atoms with Crippen molar-refractivity contribution in [2.24, 2.45) is 10.9 Å². The molecular formula is C20H32N4O. The number of guanidine groups is 1. The van der Waals surface area contributed by atoms with Crippen LogP contribution < -0.4 is 15.4 Å². The van der Waals surface area contributed by atoms with E-state index >= 15 is 0 Å². The van der Waals surface area contributed by atoms with Crippen LogP contribution in [0.1, 0.15) is 31.7 Å². The van der Waals surface area contributed by atoms with Crippen molar-refractivity contribution in [3.63, 3.8) is 0 Å². The van der Waals surface area contributed by atoms with E-state index in [1.54, 1.807) is 0 Å². The number of piperidine rings is 1. The van der Waals surface area contributed by atoms with Crippen LogP contribution >= 0.6 is 0 Å². The molecule has 1 atom stereocenters. The molecule has 3 rings (SSSR count). The molecule has 1 aromatic carbocycles. The summed E-state index contributed by atoms with van der Waals surface area (Å²) in [6.45, 7) is 7.79. The second kappa shape index (κ2) is 9.09. The number of hydrogen-bond acceptors (Lipinski definition) is 3. The Balaban J connectivity index is 1.30. The van der Waals surface area contributed by atoms with Gasteiger partial charge in [-0.25, -0.2) is 0 Å². The van der Waals surface area contributed by atoms with Crippen molar-refractivity contribution in [1.82, 2.24) is 15.5 Å². The number of aliphatic imine (C=N–C) groups is 1. The lowest BCUT2D eigenvalue weighted by atomic mass is 9.99. The average Bonchev–Trinajstić information content (AvgIpc) is 3.05. The molecule has 2 aliphatic rings. The van der Waals surface area contributed by atoms with E-state index in [1.165, 1.54) is 38.0 Å². The Morgan fingerprint density at radius 3 is 2.80 bits per heavy atom. The van der Waals surface area contributed by atoms with Gasteiger partial charge in [0.15, 0.2) is 5.96 Å². The van der Waals surface area contributed by atoms with E-state index in [1.807, 2.05) is 19.2 Å². The molecule has 1 fully saturated rings. The van der Waals surface area contributed by atoms with Crippen molar-refractivity contribution in [2.45, 2.75) is 38.7 Å². The molecule has 1 aromatic rings. The minimum absolute atomic E-state index is 0.186. The molecule has 0 aromatic heterocycles. The van der Waals surface area contributed by atoms with Gasteiger partial charge >= 0.3 is 0 Å². The highest BCUT2D eigenvalue weighted by atomic mass is 16.5. The Bertz CT molecular complexity index is 542. The first-order valence-electron chi connectivity index (χ1n) is 9.66. The molecule has 138 valence electrons. The molecule has 5 nitrogen and oxygen atoms in total. The summed E-state index contributed by atoms with van der Waals surface area (Å²) in [6, 6.07) is 8.28. The zero-order chi connectivity index (χ0) is 17.5. The van der Waals surface area contributed by atoms with Gasteiger partial charge in [0.2, 0.25) is 0 Å². The van der Waals surface area contributed by atoms with Crippen molar-refractivity contribution >= 4 is 5.96 Å². The summed E-state index contributed by atoms with van der Waals surface area (Å²) in [5, 5.41) is 6.81. The summed E-state index contributed by atoms with van der Waals surface area (Å²) in [5.74, 6) is 2.79. The van der Waals surface area contributed by atoms with E-state index in [2.05, 4.69) is 39.6 Å². The number of ether oxygens (including phenoxy) is 1. The molecule has 2 aliphatic heterocycles. The predicted molar refractivity (Wildman–Crippen MR) is 103 cm³/mol. The van der Waals surface area contributed by atoms with Crippen molar-refractivity contribution in [1.29, 1.82) is 0 Å². The Morgan fingerprint density at radius 2 is 2.04 bits per heavy atom. The van der Waals surface area contributed by atoms with Gasteiger partial charge in [-0.1, -0.05) is 25.1 Å². The summed E-state index contributed by atoms with van der Waals surface area (Å²) in [6.07, 6.45) is 5.00. The van der Waals surface area contributed by atoms with Gasteiger partial charge in [0.05, 0.1) is 6.54 Å². The van der Waals surface area contributed by atoms with Crippen LogP contribution in [0.4, 0.5) is 0 Å². The first-order chi connectivity index (χ1) is 12.2. The first-order valence-corrected chi connectivity index (χ1v) is 9.66. The Labute approximate surface area is 151 Å². The van der Waals surface area contributed by atoms with Crippen LogP contribution in [-0.2, 0) is 6.42 Å². The molecular weight excluding hydrogens is 312 g/mol. The molecule has 0 spiro atoms. The lowest BCUT2D eigenvalue weighted by Crippen LogP contribution is -2.43. The summed E-state index contributed by atoms with van der Waals surface area (Å²) in [4.78, 5) is 6.90. The maximum absolute atomic E-state index is 5.96. The Morgan fingerprint density at radius 1 is 1.24 bits per heavy atom.